The van der Waals surface area contributed by atoms with Crippen LogP contribution in [0.4, 0.5) is 5.69 Å². The Kier molecular flexibility index (Phi) is 6.76. The van der Waals surface area contributed by atoms with Crippen molar-refractivity contribution in [3.8, 4) is 5.75 Å². The van der Waals surface area contributed by atoms with Gasteiger partial charge in [-0.25, -0.2) is 4.99 Å². The van der Waals surface area contributed by atoms with Crippen molar-refractivity contribution in [2.24, 2.45) is 4.99 Å². The number of benzene rings is 3. The van der Waals surface area contributed by atoms with Gasteiger partial charge < -0.3 is 4.74 Å². The molecule has 1 amide bonds. The van der Waals surface area contributed by atoms with Gasteiger partial charge in [0.1, 0.15) is 5.75 Å². The maximum atomic E-state index is 13.5. The molecule has 5 heteroatoms. The summed E-state index contributed by atoms with van der Waals surface area (Å²) in [6, 6.07) is 27.4. The molecule has 1 atom stereocenters. The Bertz CT molecular complexity index is 1120. The topological polar surface area (TPSA) is 41.9 Å². The Balaban J connectivity index is 1.67. The average Bonchev–Trinajstić information content (AvgIpc) is 3.10. The summed E-state index contributed by atoms with van der Waals surface area (Å²) in [4.78, 5) is 20.7. The first-order chi connectivity index (χ1) is 15.5. The third kappa shape index (κ3) is 5.11. The molecule has 4 rings (SSSR count). The van der Waals surface area contributed by atoms with E-state index in [1.807, 2.05) is 112 Å². The minimum atomic E-state index is -0.133. The van der Waals surface area contributed by atoms with Gasteiger partial charge >= 0.3 is 0 Å². The molecule has 32 heavy (non-hydrogen) atoms. The second-order valence-corrected chi connectivity index (χ2v) is 8.85. The fraction of sp³-hybridized carbons (Fsp3) is 0.185. The molecule has 3 aromatic rings. The molecule has 0 bridgehead atoms. The lowest BCUT2D eigenvalue weighted by Gasteiger charge is -2.24. The van der Waals surface area contributed by atoms with Gasteiger partial charge in [0, 0.05) is 0 Å². The summed E-state index contributed by atoms with van der Waals surface area (Å²) in [7, 11) is 0. The Morgan fingerprint density at radius 3 is 2.12 bits per heavy atom. The van der Waals surface area contributed by atoms with E-state index in [0.29, 0.717) is 10.1 Å². The van der Waals surface area contributed by atoms with Crippen molar-refractivity contribution in [3.05, 3.63) is 101 Å². The van der Waals surface area contributed by atoms with Crippen LogP contribution in [0.15, 0.2) is 94.8 Å². The van der Waals surface area contributed by atoms with Crippen LogP contribution in [0.5, 0.6) is 5.75 Å². The lowest BCUT2D eigenvalue weighted by atomic mass is 10.1. The fourth-order valence-corrected chi connectivity index (χ4v) is 4.53. The van der Waals surface area contributed by atoms with Crippen LogP contribution in [-0.4, -0.2) is 22.1 Å². The van der Waals surface area contributed by atoms with E-state index < -0.39 is 0 Å². The zero-order chi connectivity index (χ0) is 22.5. The Morgan fingerprint density at radius 1 is 0.875 bits per heavy atom. The van der Waals surface area contributed by atoms with Gasteiger partial charge in [-0.15, -0.1) is 0 Å². The lowest BCUT2D eigenvalue weighted by Crippen LogP contribution is -2.32. The van der Waals surface area contributed by atoms with E-state index in [1.165, 1.54) is 11.8 Å². The summed E-state index contributed by atoms with van der Waals surface area (Å²) < 4.78 is 5.72. The molecule has 1 aliphatic heterocycles. The molecule has 1 aliphatic rings. The Labute approximate surface area is 193 Å². The number of ether oxygens (including phenoxy) is 1. The van der Waals surface area contributed by atoms with Gasteiger partial charge in [0.15, 0.2) is 5.17 Å². The lowest BCUT2D eigenvalue weighted by molar-refractivity contribution is -0.123. The molecule has 0 aromatic heterocycles. The van der Waals surface area contributed by atoms with Crippen LogP contribution >= 0.6 is 11.8 Å². The molecule has 0 saturated carbocycles. The van der Waals surface area contributed by atoms with Crippen molar-refractivity contribution >= 4 is 34.6 Å². The number of aliphatic imine (C=N–C) groups is 1. The highest BCUT2D eigenvalue weighted by Gasteiger charge is 2.37. The summed E-state index contributed by atoms with van der Waals surface area (Å²) >= 11 is 1.41. The standard InChI is InChI=1S/C27H26N2O2S/c1-19(2)31-24-16-14-21(15-17-24)18-25-26(30)29(20(3)22-10-6-4-7-11-22)27(32-25)28-23-12-8-5-9-13-23/h4-20H,1-3H3/b25-18+,28-27?/t20-/m1/s1. The third-order valence-corrected chi connectivity index (χ3v) is 6.02. The SMILES string of the molecule is CC(C)Oc1ccc(/C=C2/SC(=Nc3ccccc3)N([C@H](C)c3ccccc3)C2=O)cc1. The first kappa shape index (κ1) is 21.9. The molecule has 0 aliphatic carbocycles. The minimum Gasteiger partial charge on any atom is -0.491 e. The molecule has 162 valence electrons. The van der Waals surface area contributed by atoms with E-state index in [1.54, 1.807) is 4.90 Å². The van der Waals surface area contributed by atoms with Crippen molar-refractivity contribution in [1.82, 2.24) is 4.90 Å². The second kappa shape index (κ2) is 9.88. The molecule has 0 N–H and O–H groups in total. The molecule has 4 nitrogen and oxygen atoms in total. The third-order valence-electron chi connectivity index (χ3n) is 5.04. The highest BCUT2D eigenvalue weighted by Crippen LogP contribution is 2.39. The summed E-state index contributed by atoms with van der Waals surface area (Å²) in [5.74, 6) is 0.779. The average molecular weight is 443 g/mol. The van der Waals surface area contributed by atoms with Crippen molar-refractivity contribution < 1.29 is 9.53 Å². The minimum absolute atomic E-state index is 0.0384. The number of thioether (sulfide) groups is 1. The van der Waals surface area contributed by atoms with Gasteiger partial charge in [-0.3, -0.25) is 9.69 Å². The summed E-state index contributed by atoms with van der Waals surface area (Å²) in [5.41, 5.74) is 2.84. The number of rotatable bonds is 6. The molecular weight excluding hydrogens is 416 g/mol. The number of para-hydroxylation sites is 1. The highest BCUT2D eigenvalue weighted by atomic mass is 32.2. The van der Waals surface area contributed by atoms with E-state index in [2.05, 4.69) is 0 Å². The second-order valence-electron chi connectivity index (χ2n) is 7.84. The van der Waals surface area contributed by atoms with Gasteiger partial charge in [0.2, 0.25) is 0 Å². The number of hydrogen-bond donors (Lipinski definition) is 0. The summed E-state index contributed by atoms with van der Waals surface area (Å²) in [6.07, 6.45) is 2.04. The largest absolute Gasteiger partial charge is 0.491 e. The molecular formula is C27H26N2O2S. The van der Waals surface area contributed by atoms with Gasteiger partial charge in [0.05, 0.1) is 22.7 Å². The van der Waals surface area contributed by atoms with Crippen LogP contribution in [0.1, 0.15) is 37.9 Å². The Morgan fingerprint density at radius 2 is 1.50 bits per heavy atom. The van der Waals surface area contributed by atoms with Crippen molar-refractivity contribution in [3.63, 3.8) is 0 Å². The predicted molar refractivity (Wildman–Crippen MR) is 133 cm³/mol. The normalized spacial score (nSPS) is 17.4. The summed E-state index contributed by atoms with van der Waals surface area (Å²) in [6.45, 7) is 6.04. The smallest absolute Gasteiger partial charge is 0.267 e. The van der Waals surface area contributed by atoms with E-state index in [-0.39, 0.29) is 18.1 Å². The monoisotopic (exact) mass is 442 g/mol. The molecule has 0 unspecified atom stereocenters. The first-order valence-electron chi connectivity index (χ1n) is 10.7. The zero-order valence-corrected chi connectivity index (χ0v) is 19.3. The van der Waals surface area contributed by atoms with E-state index in [0.717, 1.165) is 22.6 Å². The fourth-order valence-electron chi connectivity index (χ4n) is 3.47. The van der Waals surface area contributed by atoms with Crippen LogP contribution in [-0.2, 0) is 4.79 Å². The quantitative estimate of drug-likeness (QED) is 0.393. The number of carbonyl (C=O) groups excluding carboxylic acids is 1. The van der Waals surface area contributed by atoms with E-state index in [4.69, 9.17) is 9.73 Å². The highest BCUT2D eigenvalue weighted by molar-refractivity contribution is 8.18. The molecule has 0 radical (unpaired) electrons. The van der Waals surface area contributed by atoms with E-state index >= 15 is 0 Å². The maximum Gasteiger partial charge on any atom is 0.267 e. The van der Waals surface area contributed by atoms with Gasteiger partial charge in [-0.1, -0.05) is 60.7 Å². The van der Waals surface area contributed by atoms with Gasteiger partial charge in [0.25, 0.3) is 5.91 Å². The van der Waals surface area contributed by atoms with E-state index in [9.17, 15) is 4.79 Å². The molecule has 0 spiro atoms. The van der Waals surface area contributed by atoms with Gasteiger partial charge in [-0.2, -0.15) is 0 Å². The number of carbonyl (C=O) groups is 1. The first-order valence-corrected chi connectivity index (χ1v) is 11.5. The molecule has 1 heterocycles. The molecule has 1 fully saturated rings. The predicted octanol–water partition coefficient (Wildman–Crippen LogP) is 6.84. The number of amides is 1. The van der Waals surface area contributed by atoms with Crippen molar-refractivity contribution in [1.29, 1.82) is 0 Å². The van der Waals surface area contributed by atoms with Crippen molar-refractivity contribution in [2.45, 2.75) is 32.9 Å². The van der Waals surface area contributed by atoms with Crippen LogP contribution in [0, 0.1) is 0 Å². The van der Waals surface area contributed by atoms with Crippen molar-refractivity contribution in [2.75, 3.05) is 0 Å². The number of hydrogen-bond acceptors (Lipinski definition) is 4. The Hall–Kier alpha value is -3.31. The zero-order valence-electron chi connectivity index (χ0n) is 18.4. The van der Waals surface area contributed by atoms with Gasteiger partial charge in [-0.05, 0) is 74.0 Å². The number of nitrogens with zero attached hydrogens (tertiary/aromatic N) is 2. The molecule has 1 saturated heterocycles. The van der Waals surface area contributed by atoms with Crippen LogP contribution in [0.2, 0.25) is 0 Å². The van der Waals surface area contributed by atoms with Crippen LogP contribution in [0.25, 0.3) is 6.08 Å². The molecule has 3 aromatic carbocycles. The van der Waals surface area contributed by atoms with Crippen LogP contribution in [0.3, 0.4) is 0 Å². The maximum absolute atomic E-state index is 13.5. The summed E-state index contributed by atoms with van der Waals surface area (Å²) in [5, 5.41) is 0.684. The number of amidine groups is 1. The van der Waals surface area contributed by atoms with Crippen LogP contribution < -0.4 is 4.74 Å².